The van der Waals surface area contributed by atoms with Crippen molar-refractivity contribution >= 4 is 23.4 Å². The van der Waals surface area contributed by atoms with E-state index in [9.17, 15) is 4.79 Å². The van der Waals surface area contributed by atoms with E-state index in [0.717, 1.165) is 5.56 Å². The molecule has 27 heavy (non-hydrogen) atoms. The van der Waals surface area contributed by atoms with Gasteiger partial charge in [0, 0.05) is 16.1 Å². The van der Waals surface area contributed by atoms with E-state index in [2.05, 4.69) is 5.16 Å². The first-order valence-electron chi connectivity index (χ1n) is 8.20. The molecule has 136 valence electrons. The lowest BCUT2D eigenvalue weighted by molar-refractivity contribution is 0.0516. The van der Waals surface area contributed by atoms with Crippen LogP contribution in [0.1, 0.15) is 21.5 Å². The fourth-order valence-electron chi connectivity index (χ4n) is 2.27. The molecule has 0 unspecified atom stereocenters. The van der Waals surface area contributed by atoms with Crippen LogP contribution in [0.15, 0.2) is 84.0 Å². The number of halogens is 1. The Labute approximate surface area is 162 Å². The molecule has 3 rings (SSSR count). The highest BCUT2D eigenvalue weighted by Crippen LogP contribution is 2.19. The Bertz CT molecular complexity index is 941. The number of oxime groups is 1. The first kappa shape index (κ1) is 18.5. The summed E-state index contributed by atoms with van der Waals surface area (Å²) in [5.74, 6) is 0.133. The summed E-state index contributed by atoms with van der Waals surface area (Å²) < 4.78 is 5.68. The summed E-state index contributed by atoms with van der Waals surface area (Å²) in [7, 11) is 0. The van der Waals surface area contributed by atoms with Crippen LogP contribution in [0.25, 0.3) is 0 Å². The lowest BCUT2D eigenvalue weighted by atomic mass is 10.2. The summed E-state index contributed by atoms with van der Waals surface area (Å²) in [6.07, 6.45) is 0. The molecular formula is C21H17ClN2O3. The second-order valence-electron chi connectivity index (χ2n) is 5.63. The van der Waals surface area contributed by atoms with Crippen molar-refractivity contribution in [3.63, 3.8) is 0 Å². The Hall–Kier alpha value is -3.31. The minimum absolute atomic E-state index is 0.128. The molecule has 6 heteroatoms. The fraction of sp³-hybridized carbons (Fsp3) is 0.0476. The number of amidine groups is 1. The Morgan fingerprint density at radius 3 is 2.26 bits per heavy atom. The average Bonchev–Trinajstić information content (AvgIpc) is 2.72. The third kappa shape index (κ3) is 5.09. The zero-order valence-corrected chi connectivity index (χ0v) is 15.1. The third-order valence-corrected chi connectivity index (χ3v) is 4.11. The van der Waals surface area contributed by atoms with Crippen LogP contribution in [-0.4, -0.2) is 11.8 Å². The van der Waals surface area contributed by atoms with Crippen molar-refractivity contribution in [2.75, 3.05) is 0 Å². The molecule has 0 saturated heterocycles. The molecule has 0 spiro atoms. The molecular weight excluding hydrogens is 364 g/mol. The van der Waals surface area contributed by atoms with Gasteiger partial charge < -0.3 is 15.3 Å². The van der Waals surface area contributed by atoms with E-state index >= 15 is 0 Å². The van der Waals surface area contributed by atoms with Crippen LogP contribution in [0.3, 0.4) is 0 Å². The summed E-state index contributed by atoms with van der Waals surface area (Å²) in [4.78, 5) is 17.0. The van der Waals surface area contributed by atoms with Crippen LogP contribution < -0.4 is 10.5 Å². The summed E-state index contributed by atoms with van der Waals surface area (Å²) >= 11 is 6.10. The minimum Gasteiger partial charge on any atom is -0.489 e. The van der Waals surface area contributed by atoms with Gasteiger partial charge in [-0.15, -0.1) is 0 Å². The highest BCUT2D eigenvalue weighted by Gasteiger charge is 2.09. The third-order valence-electron chi connectivity index (χ3n) is 3.74. The molecule has 0 aliphatic heterocycles. The maximum absolute atomic E-state index is 12.1. The van der Waals surface area contributed by atoms with Crippen LogP contribution in [0, 0.1) is 0 Å². The number of carbonyl (C=O) groups is 1. The van der Waals surface area contributed by atoms with Crippen LogP contribution >= 0.6 is 11.6 Å². The largest absolute Gasteiger partial charge is 0.489 e. The molecule has 0 atom stereocenters. The molecule has 0 radical (unpaired) electrons. The van der Waals surface area contributed by atoms with Crippen LogP contribution in [-0.2, 0) is 11.4 Å². The van der Waals surface area contributed by atoms with Crippen molar-refractivity contribution in [3.8, 4) is 5.75 Å². The highest BCUT2D eigenvalue weighted by atomic mass is 35.5. The Morgan fingerprint density at radius 1 is 0.889 bits per heavy atom. The monoisotopic (exact) mass is 380 g/mol. The van der Waals surface area contributed by atoms with E-state index in [4.69, 9.17) is 26.9 Å². The Balaban J connectivity index is 1.58. The molecule has 0 heterocycles. The second kappa shape index (κ2) is 8.87. The normalized spacial score (nSPS) is 11.1. The average molecular weight is 381 g/mol. The first-order chi connectivity index (χ1) is 13.1. The predicted molar refractivity (Wildman–Crippen MR) is 105 cm³/mol. The molecule has 0 aliphatic rings. The molecule has 0 aromatic heterocycles. The van der Waals surface area contributed by atoms with Crippen molar-refractivity contribution in [2.24, 2.45) is 10.9 Å². The molecule has 3 aromatic carbocycles. The lowest BCUT2D eigenvalue weighted by Crippen LogP contribution is -2.15. The van der Waals surface area contributed by atoms with Gasteiger partial charge in [-0.2, -0.15) is 0 Å². The van der Waals surface area contributed by atoms with Crippen molar-refractivity contribution in [1.82, 2.24) is 0 Å². The summed E-state index contributed by atoms with van der Waals surface area (Å²) in [6.45, 7) is 0.335. The van der Waals surface area contributed by atoms with E-state index in [1.807, 2.05) is 36.4 Å². The van der Waals surface area contributed by atoms with E-state index < -0.39 is 5.97 Å². The van der Waals surface area contributed by atoms with Gasteiger partial charge in [-0.25, -0.2) is 4.79 Å². The Morgan fingerprint density at radius 2 is 1.56 bits per heavy atom. The minimum atomic E-state index is -0.605. The molecule has 0 fully saturated rings. The Kier molecular flexibility index (Phi) is 6.07. The van der Waals surface area contributed by atoms with Crippen LogP contribution in [0.5, 0.6) is 5.75 Å². The maximum atomic E-state index is 12.1. The van der Waals surface area contributed by atoms with Gasteiger partial charge in [0.1, 0.15) is 12.4 Å². The van der Waals surface area contributed by atoms with Gasteiger partial charge in [-0.05, 0) is 30.3 Å². The fourth-order valence-corrected chi connectivity index (χ4v) is 2.46. The number of hydrogen-bond donors (Lipinski definition) is 1. The summed E-state index contributed by atoms with van der Waals surface area (Å²) in [5, 5.41) is 4.32. The molecule has 0 saturated carbocycles. The number of nitrogens with zero attached hydrogens (tertiary/aromatic N) is 1. The topological polar surface area (TPSA) is 73.9 Å². The van der Waals surface area contributed by atoms with Gasteiger partial charge in [-0.1, -0.05) is 65.3 Å². The zero-order chi connectivity index (χ0) is 19.1. The molecule has 3 aromatic rings. The van der Waals surface area contributed by atoms with Gasteiger partial charge in [0.15, 0.2) is 5.84 Å². The molecule has 0 bridgehead atoms. The number of benzene rings is 3. The van der Waals surface area contributed by atoms with Gasteiger partial charge in [-0.3, -0.25) is 0 Å². The summed E-state index contributed by atoms with van der Waals surface area (Å²) in [5.41, 5.74) is 7.69. The van der Waals surface area contributed by atoms with Crippen molar-refractivity contribution < 1.29 is 14.4 Å². The molecule has 0 amide bonds. The standard InChI is InChI=1S/C21H17ClN2O3/c22-19-9-5-4-8-17(19)14-26-18-12-10-16(11-13-18)21(25)27-24-20(23)15-6-2-1-3-7-15/h1-13H,14H2,(H2,23,24). The van der Waals surface area contributed by atoms with Crippen LogP contribution in [0.4, 0.5) is 0 Å². The number of nitrogens with two attached hydrogens (primary N) is 1. The quantitative estimate of drug-likeness (QED) is 0.298. The van der Waals surface area contributed by atoms with E-state index in [1.54, 1.807) is 42.5 Å². The molecule has 2 N–H and O–H groups in total. The maximum Gasteiger partial charge on any atom is 0.365 e. The first-order valence-corrected chi connectivity index (χ1v) is 8.58. The van der Waals surface area contributed by atoms with Gasteiger partial charge in [0.2, 0.25) is 0 Å². The van der Waals surface area contributed by atoms with Crippen molar-refractivity contribution in [2.45, 2.75) is 6.61 Å². The number of hydrogen-bond acceptors (Lipinski definition) is 4. The van der Waals surface area contributed by atoms with Gasteiger partial charge in [0.05, 0.1) is 5.56 Å². The van der Waals surface area contributed by atoms with E-state index in [0.29, 0.717) is 28.5 Å². The number of rotatable bonds is 6. The second-order valence-corrected chi connectivity index (χ2v) is 6.03. The van der Waals surface area contributed by atoms with Gasteiger partial charge >= 0.3 is 5.97 Å². The van der Waals surface area contributed by atoms with Crippen LogP contribution in [0.2, 0.25) is 5.02 Å². The molecule has 5 nitrogen and oxygen atoms in total. The lowest BCUT2D eigenvalue weighted by Gasteiger charge is -2.08. The van der Waals surface area contributed by atoms with Crippen molar-refractivity contribution in [1.29, 1.82) is 0 Å². The zero-order valence-electron chi connectivity index (χ0n) is 14.3. The highest BCUT2D eigenvalue weighted by molar-refractivity contribution is 6.31. The summed E-state index contributed by atoms with van der Waals surface area (Å²) in [6, 6.07) is 23.1. The predicted octanol–water partition coefficient (Wildman–Crippen LogP) is 4.40. The van der Waals surface area contributed by atoms with Crippen molar-refractivity contribution in [3.05, 3.63) is 101 Å². The van der Waals surface area contributed by atoms with E-state index in [-0.39, 0.29) is 5.84 Å². The number of carbonyl (C=O) groups excluding carboxylic acids is 1. The molecule has 0 aliphatic carbocycles. The smallest absolute Gasteiger partial charge is 0.365 e. The SMILES string of the molecule is N/C(=N/OC(=O)c1ccc(OCc2ccccc2Cl)cc1)c1ccccc1. The van der Waals surface area contributed by atoms with E-state index in [1.165, 1.54) is 0 Å². The number of ether oxygens (including phenoxy) is 1. The van der Waals surface area contributed by atoms with Gasteiger partial charge in [0.25, 0.3) is 0 Å².